The quantitative estimate of drug-likeness (QED) is 0.130. The number of amides is 1. The van der Waals surface area contributed by atoms with E-state index in [1.54, 1.807) is 31.7 Å². The summed E-state index contributed by atoms with van der Waals surface area (Å²) >= 11 is 1.03. The minimum atomic E-state index is -3.83. The normalized spacial score (nSPS) is 19.4. The van der Waals surface area contributed by atoms with E-state index in [0.29, 0.717) is 30.1 Å². The van der Waals surface area contributed by atoms with Gasteiger partial charge in [0.05, 0.1) is 44.3 Å². The molecule has 4 rings (SSSR count). The number of alkyl carbamates (subject to hydrolysis) is 1. The lowest BCUT2D eigenvalue weighted by atomic mass is 9.96. The molecule has 1 fully saturated rings. The first kappa shape index (κ1) is 36.6. The molecule has 47 heavy (non-hydrogen) atoms. The Morgan fingerprint density at radius 1 is 1.17 bits per heavy atom. The molecule has 1 unspecified atom stereocenters. The Morgan fingerprint density at radius 2 is 1.94 bits per heavy atom. The van der Waals surface area contributed by atoms with Crippen LogP contribution >= 0.6 is 19.5 Å². The van der Waals surface area contributed by atoms with Gasteiger partial charge in [-0.15, -0.1) is 0 Å². The van der Waals surface area contributed by atoms with Gasteiger partial charge in [0.2, 0.25) is 11.8 Å². The van der Waals surface area contributed by atoms with Crippen molar-refractivity contribution in [2.24, 2.45) is 11.3 Å². The molecule has 3 aromatic rings. The van der Waals surface area contributed by atoms with E-state index in [1.807, 2.05) is 44.2 Å². The predicted octanol–water partition coefficient (Wildman–Crippen LogP) is 4.69. The largest absolute Gasteiger partial charge is 0.476 e. The first-order valence-corrected chi connectivity index (χ1v) is 18.0. The molecular weight excluding hydrogens is 649 g/mol. The molecule has 0 aliphatic carbocycles. The number of thioether (sulfide) groups is 1. The molecule has 4 atom stereocenters. The Kier molecular flexibility index (Phi) is 13.0. The number of nitrogens with one attached hydrogen (secondary N) is 2. The maximum atomic E-state index is 13.9. The number of ether oxygens (including phenoxy) is 3. The number of hydrogen-bond acceptors (Lipinski definition) is 13. The average molecular weight is 694 g/mol. The maximum Gasteiger partial charge on any atom is 0.407 e. The van der Waals surface area contributed by atoms with Crippen LogP contribution in [0.2, 0.25) is 0 Å². The summed E-state index contributed by atoms with van der Waals surface area (Å²) in [6.45, 7) is 10.0. The third-order valence-corrected chi connectivity index (χ3v) is 9.99. The summed E-state index contributed by atoms with van der Waals surface area (Å²) in [5.74, 6) is 0.629. The number of nitrogen functional groups attached to an aromatic ring is 1. The van der Waals surface area contributed by atoms with Crippen LogP contribution in [0.1, 0.15) is 52.8 Å². The number of nitrogens with two attached hydrogens (primary N) is 1. The highest BCUT2D eigenvalue weighted by atomic mass is 32.2. The topological polar surface area (TPSA) is 191 Å². The van der Waals surface area contributed by atoms with Crippen molar-refractivity contribution in [3.63, 3.8) is 0 Å². The van der Waals surface area contributed by atoms with Gasteiger partial charge in [0.15, 0.2) is 16.3 Å². The van der Waals surface area contributed by atoms with Crippen molar-refractivity contribution in [1.29, 1.82) is 0 Å². The van der Waals surface area contributed by atoms with Crippen LogP contribution in [0.15, 0.2) is 36.7 Å². The van der Waals surface area contributed by atoms with Crippen LogP contribution in [0.4, 0.5) is 10.7 Å². The van der Waals surface area contributed by atoms with Gasteiger partial charge < -0.3 is 25.3 Å². The minimum absolute atomic E-state index is 0.00745. The molecule has 0 saturated carbocycles. The van der Waals surface area contributed by atoms with E-state index in [4.69, 9.17) is 29.0 Å². The second-order valence-electron chi connectivity index (χ2n) is 11.5. The molecule has 17 heteroatoms. The van der Waals surface area contributed by atoms with Crippen molar-refractivity contribution in [2.75, 3.05) is 44.5 Å². The van der Waals surface area contributed by atoms with E-state index in [9.17, 15) is 14.2 Å². The number of rotatable bonds is 17. The van der Waals surface area contributed by atoms with Gasteiger partial charge in [0.1, 0.15) is 6.23 Å². The summed E-state index contributed by atoms with van der Waals surface area (Å²) < 4.78 is 44.2. The summed E-state index contributed by atoms with van der Waals surface area (Å²) in [6, 6.07) is 9.45. The van der Waals surface area contributed by atoms with Gasteiger partial charge in [0.25, 0.3) is 0 Å². The fourth-order valence-corrected chi connectivity index (χ4v) is 7.09. The number of aromatic nitrogens is 4. The third-order valence-electron chi connectivity index (χ3n) is 7.25. The van der Waals surface area contributed by atoms with E-state index in [0.717, 1.165) is 17.3 Å². The molecular formula is C30H44N7O8PS. The lowest BCUT2D eigenvalue weighted by molar-refractivity contribution is -0.117. The van der Waals surface area contributed by atoms with Gasteiger partial charge in [-0.3, -0.25) is 18.4 Å². The molecule has 1 aromatic carbocycles. The lowest BCUT2D eigenvalue weighted by Crippen LogP contribution is -2.38. The number of fused-ring (bicyclic) bond motifs is 1. The van der Waals surface area contributed by atoms with E-state index in [1.165, 1.54) is 0 Å². The number of imidazole rings is 1. The highest BCUT2D eigenvalue weighted by Gasteiger charge is 2.37. The molecule has 1 amide bonds. The van der Waals surface area contributed by atoms with Crippen LogP contribution in [-0.4, -0.2) is 75.6 Å². The van der Waals surface area contributed by atoms with Crippen molar-refractivity contribution in [1.82, 2.24) is 29.9 Å². The lowest BCUT2D eigenvalue weighted by Gasteiger charge is -2.23. The average Bonchev–Trinajstić information content (AvgIpc) is 3.63. The summed E-state index contributed by atoms with van der Waals surface area (Å²) in [5.41, 5.74) is 6.95. The molecule has 0 spiro atoms. The summed E-state index contributed by atoms with van der Waals surface area (Å²) in [5, 5.41) is 5.38. The molecule has 258 valence electrons. The van der Waals surface area contributed by atoms with Gasteiger partial charge >= 0.3 is 13.8 Å². The molecule has 15 nitrogen and oxygen atoms in total. The highest BCUT2D eigenvalue weighted by molar-refractivity contribution is 8.13. The molecule has 1 aliphatic rings. The van der Waals surface area contributed by atoms with Gasteiger partial charge in [0, 0.05) is 24.8 Å². The Hall–Kier alpha value is -3.27. The van der Waals surface area contributed by atoms with Gasteiger partial charge in [-0.25, -0.2) is 19.4 Å². The van der Waals surface area contributed by atoms with Gasteiger partial charge in [-0.2, -0.15) is 9.97 Å². The number of carbonyl (C=O) groups excluding carboxylic acids is 2. The molecule has 1 aliphatic heterocycles. The standard InChI is InChI=1S/C30H44N7O8PS/c1-6-41-25-23-24(35-28(31)36-25)37(19-33-23)26-20(3)15-22(45-26)17-44-46(40,34-16-21-11-9-8-10-12-21)43-13-14-47-27(38)30(4,5)18-32-29(39)42-7-2/h8-12,19-20,22,26H,6-7,13-18H2,1-5H3,(H,32,39)(H,34,40)(H2,31,35,36)/t20-,22-,26+,46?/m0/s1. The van der Waals surface area contributed by atoms with Crippen LogP contribution in [-0.2, 0) is 34.4 Å². The first-order valence-electron chi connectivity index (χ1n) is 15.5. The minimum Gasteiger partial charge on any atom is -0.476 e. The second kappa shape index (κ2) is 16.7. The van der Waals surface area contributed by atoms with Gasteiger partial charge in [-0.05, 0) is 25.8 Å². The van der Waals surface area contributed by atoms with Crippen molar-refractivity contribution >= 4 is 47.8 Å². The Balaban J connectivity index is 1.36. The van der Waals surface area contributed by atoms with Crippen molar-refractivity contribution in [3.8, 4) is 5.88 Å². The SMILES string of the molecule is CCOC(=O)NCC(C)(C)C(=O)SCCOP(=O)(NCc1ccccc1)OC[C@@H]1C[C@H](C)[C@H](n2cnc3c(OCC)nc(N)nc32)O1. The second-order valence-corrected chi connectivity index (χ2v) is 14.4. The summed E-state index contributed by atoms with van der Waals surface area (Å²) in [7, 11) is -3.83. The molecule has 1 saturated heterocycles. The third kappa shape index (κ3) is 10.1. The molecule has 4 N–H and O–H groups in total. The Morgan fingerprint density at radius 3 is 2.66 bits per heavy atom. The van der Waals surface area contributed by atoms with E-state index >= 15 is 0 Å². The van der Waals surface area contributed by atoms with Crippen LogP contribution in [0.5, 0.6) is 5.88 Å². The number of carbonyl (C=O) groups is 2. The van der Waals surface area contributed by atoms with Crippen LogP contribution in [0.3, 0.4) is 0 Å². The van der Waals surface area contributed by atoms with E-state index in [-0.39, 0.29) is 55.6 Å². The zero-order valence-electron chi connectivity index (χ0n) is 27.3. The summed E-state index contributed by atoms with van der Waals surface area (Å²) in [4.78, 5) is 37.4. The van der Waals surface area contributed by atoms with Crippen molar-refractivity contribution < 1.29 is 37.4 Å². The highest BCUT2D eigenvalue weighted by Crippen LogP contribution is 2.46. The van der Waals surface area contributed by atoms with Gasteiger partial charge in [-0.1, -0.05) is 62.9 Å². The summed E-state index contributed by atoms with van der Waals surface area (Å²) in [6.07, 6.45) is 0.815. The zero-order chi connectivity index (χ0) is 34.0. The molecule has 0 radical (unpaired) electrons. The Labute approximate surface area is 278 Å². The number of hydrogen-bond donors (Lipinski definition) is 3. The smallest absolute Gasteiger partial charge is 0.407 e. The van der Waals surface area contributed by atoms with Crippen LogP contribution in [0, 0.1) is 11.3 Å². The van der Waals surface area contributed by atoms with Crippen LogP contribution in [0.25, 0.3) is 11.2 Å². The monoisotopic (exact) mass is 693 g/mol. The zero-order valence-corrected chi connectivity index (χ0v) is 29.1. The molecule has 2 aromatic heterocycles. The Bertz CT molecular complexity index is 1540. The van der Waals surface area contributed by atoms with Crippen molar-refractivity contribution in [2.45, 2.75) is 59.9 Å². The fourth-order valence-electron chi connectivity index (χ4n) is 4.82. The van der Waals surface area contributed by atoms with Crippen molar-refractivity contribution in [3.05, 3.63) is 42.2 Å². The predicted molar refractivity (Wildman–Crippen MR) is 178 cm³/mol. The first-order chi connectivity index (χ1) is 22.4. The van der Waals surface area contributed by atoms with Crippen LogP contribution < -0.4 is 20.9 Å². The van der Waals surface area contributed by atoms with E-state index in [2.05, 4.69) is 25.4 Å². The fraction of sp³-hybridized carbons (Fsp3) is 0.567. The maximum absolute atomic E-state index is 13.9. The number of anilines is 1. The van der Waals surface area contributed by atoms with E-state index < -0.39 is 31.6 Å². The number of benzene rings is 1. The number of nitrogens with zero attached hydrogens (tertiary/aromatic N) is 4. The molecule has 0 bridgehead atoms. The molecule has 3 heterocycles.